The van der Waals surface area contributed by atoms with Crippen molar-refractivity contribution in [1.82, 2.24) is 15.3 Å². The van der Waals surface area contributed by atoms with Crippen molar-refractivity contribution in [2.75, 3.05) is 35.7 Å². The first-order valence-corrected chi connectivity index (χ1v) is 13.1. The number of rotatable bonds is 10. The van der Waals surface area contributed by atoms with Crippen LogP contribution >= 0.6 is 23.4 Å². The molecule has 1 aliphatic rings. The third kappa shape index (κ3) is 7.43. The summed E-state index contributed by atoms with van der Waals surface area (Å²) in [5, 5.41) is 18.7. The van der Waals surface area contributed by atoms with E-state index in [2.05, 4.69) is 25.8 Å². The SMILES string of the molecule is CNC(C)CC(=N)Nc1cc(N2CCC2)nc(Sc2ccc(NC(=O)Cc3ccc(Cl)cc3)cc2)n1. The molecular weight excluding hydrogens is 494 g/mol. The van der Waals surface area contributed by atoms with E-state index in [1.54, 1.807) is 12.1 Å². The van der Waals surface area contributed by atoms with Crippen molar-refractivity contribution >= 4 is 52.4 Å². The van der Waals surface area contributed by atoms with Gasteiger partial charge in [0.25, 0.3) is 0 Å². The van der Waals surface area contributed by atoms with Crippen LogP contribution in [-0.4, -0.2) is 47.9 Å². The number of carbonyl (C=O) groups excluding carboxylic acids is 1. The molecule has 2 heterocycles. The summed E-state index contributed by atoms with van der Waals surface area (Å²) in [5.41, 5.74) is 1.63. The minimum atomic E-state index is -0.0888. The lowest BCUT2D eigenvalue weighted by molar-refractivity contribution is -0.115. The Morgan fingerprint density at radius 2 is 1.83 bits per heavy atom. The molecule has 0 radical (unpaired) electrons. The van der Waals surface area contributed by atoms with Crippen LogP contribution in [0.2, 0.25) is 5.02 Å². The standard InChI is InChI=1S/C26H30ClN7OS/c1-17(29-2)14-22(28)31-23-16-24(34-12-3-13-34)33-26(32-23)36-21-10-8-20(9-11-21)30-25(35)15-18-4-6-19(27)7-5-18/h4-11,16-17,29H,3,12-15H2,1-2H3,(H,30,35)(H2,28,31,32,33). The summed E-state index contributed by atoms with van der Waals surface area (Å²) in [6.45, 7) is 3.98. The smallest absolute Gasteiger partial charge is 0.228 e. The van der Waals surface area contributed by atoms with Crippen LogP contribution in [0.4, 0.5) is 17.3 Å². The van der Waals surface area contributed by atoms with E-state index in [0.29, 0.717) is 28.3 Å². The van der Waals surface area contributed by atoms with Crippen molar-refractivity contribution in [1.29, 1.82) is 5.41 Å². The van der Waals surface area contributed by atoms with Crippen LogP contribution in [-0.2, 0) is 11.2 Å². The van der Waals surface area contributed by atoms with Crippen molar-refractivity contribution in [3.8, 4) is 0 Å². The third-order valence-corrected chi connectivity index (χ3v) is 6.90. The van der Waals surface area contributed by atoms with Gasteiger partial charge in [0.1, 0.15) is 17.5 Å². The van der Waals surface area contributed by atoms with E-state index in [0.717, 1.165) is 41.5 Å². The van der Waals surface area contributed by atoms with Gasteiger partial charge in [-0.05, 0) is 74.1 Å². The van der Waals surface area contributed by atoms with Crippen molar-refractivity contribution < 1.29 is 4.79 Å². The van der Waals surface area contributed by atoms with Crippen LogP contribution in [0.5, 0.6) is 0 Å². The molecule has 0 bridgehead atoms. The molecule has 188 valence electrons. The van der Waals surface area contributed by atoms with Gasteiger partial charge in [-0.3, -0.25) is 10.2 Å². The maximum atomic E-state index is 12.4. The second-order valence-electron chi connectivity index (χ2n) is 8.71. The van der Waals surface area contributed by atoms with Crippen LogP contribution in [0.25, 0.3) is 0 Å². The molecule has 2 aromatic carbocycles. The van der Waals surface area contributed by atoms with Crippen LogP contribution < -0.4 is 20.9 Å². The number of amidine groups is 1. The van der Waals surface area contributed by atoms with E-state index in [1.807, 2.05) is 56.4 Å². The number of nitrogens with zero attached hydrogens (tertiary/aromatic N) is 3. The topological polar surface area (TPSA) is 106 Å². The number of nitrogens with one attached hydrogen (secondary N) is 4. The number of aromatic nitrogens is 2. The number of anilines is 3. The van der Waals surface area contributed by atoms with Gasteiger partial charge >= 0.3 is 0 Å². The highest BCUT2D eigenvalue weighted by Crippen LogP contribution is 2.30. The predicted molar refractivity (Wildman–Crippen MR) is 148 cm³/mol. The van der Waals surface area contributed by atoms with Crippen molar-refractivity contribution in [3.63, 3.8) is 0 Å². The first-order valence-electron chi connectivity index (χ1n) is 11.9. The zero-order valence-electron chi connectivity index (χ0n) is 20.3. The summed E-state index contributed by atoms with van der Waals surface area (Å²) in [4.78, 5) is 24.9. The molecule has 1 saturated heterocycles. The number of hydrogen-bond acceptors (Lipinski definition) is 7. The summed E-state index contributed by atoms with van der Waals surface area (Å²) < 4.78 is 0. The van der Waals surface area contributed by atoms with Gasteiger partial charge < -0.3 is 20.9 Å². The molecule has 1 unspecified atom stereocenters. The first-order chi connectivity index (χ1) is 17.4. The number of amides is 1. The molecule has 1 atom stereocenters. The van der Waals surface area contributed by atoms with Crippen molar-refractivity contribution in [2.24, 2.45) is 0 Å². The van der Waals surface area contributed by atoms with Crippen molar-refractivity contribution in [3.05, 3.63) is 65.2 Å². The lowest BCUT2D eigenvalue weighted by atomic mass is 10.1. The van der Waals surface area contributed by atoms with Gasteiger partial charge in [0.15, 0.2) is 5.16 Å². The summed E-state index contributed by atoms with van der Waals surface area (Å²) in [7, 11) is 1.88. The van der Waals surface area contributed by atoms with E-state index in [-0.39, 0.29) is 18.4 Å². The van der Waals surface area contributed by atoms with E-state index >= 15 is 0 Å². The van der Waals surface area contributed by atoms with E-state index in [1.165, 1.54) is 11.8 Å². The van der Waals surface area contributed by atoms with Crippen LogP contribution in [0.15, 0.2) is 64.6 Å². The van der Waals surface area contributed by atoms with E-state index in [9.17, 15) is 4.79 Å². The molecule has 10 heteroatoms. The summed E-state index contributed by atoms with van der Waals surface area (Å²) in [6.07, 6.45) is 2.01. The highest BCUT2D eigenvalue weighted by molar-refractivity contribution is 7.99. The molecule has 1 aromatic heterocycles. The van der Waals surface area contributed by atoms with E-state index in [4.69, 9.17) is 22.0 Å². The van der Waals surface area contributed by atoms with E-state index < -0.39 is 0 Å². The van der Waals surface area contributed by atoms with Crippen LogP contribution in [0.1, 0.15) is 25.3 Å². The zero-order valence-corrected chi connectivity index (χ0v) is 21.9. The molecule has 1 amide bonds. The molecule has 0 spiro atoms. The van der Waals surface area contributed by atoms with Gasteiger partial charge in [-0.25, -0.2) is 9.97 Å². The minimum Gasteiger partial charge on any atom is -0.356 e. The molecule has 0 saturated carbocycles. The predicted octanol–water partition coefficient (Wildman–Crippen LogP) is 5.06. The Labute approximate surface area is 220 Å². The number of hydrogen-bond donors (Lipinski definition) is 4. The maximum absolute atomic E-state index is 12.4. The molecule has 4 rings (SSSR count). The van der Waals surface area contributed by atoms with Gasteiger partial charge in [0.05, 0.1) is 6.42 Å². The van der Waals surface area contributed by atoms with Gasteiger partial charge in [-0.1, -0.05) is 23.7 Å². The average molecular weight is 524 g/mol. The first kappa shape index (κ1) is 25.9. The lowest BCUT2D eigenvalue weighted by Crippen LogP contribution is -2.37. The monoisotopic (exact) mass is 523 g/mol. The van der Waals surface area contributed by atoms with Gasteiger partial charge in [-0.15, -0.1) is 0 Å². The molecular formula is C26H30ClN7OS. The zero-order chi connectivity index (χ0) is 25.5. The summed E-state index contributed by atoms with van der Waals surface area (Å²) >= 11 is 7.36. The highest BCUT2D eigenvalue weighted by Gasteiger charge is 2.19. The Morgan fingerprint density at radius 3 is 2.47 bits per heavy atom. The second-order valence-corrected chi connectivity index (χ2v) is 10.2. The fraction of sp³-hybridized carbons (Fsp3) is 0.308. The summed E-state index contributed by atoms with van der Waals surface area (Å²) in [6, 6.07) is 17.0. The van der Waals surface area contributed by atoms with Crippen LogP contribution in [0, 0.1) is 5.41 Å². The molecule has 1 fully saturated rings. The number of carbonyl (C=O) groups is 1. The molecule has 4 N–H and O–H groups in total. The fourth-order valence-corrected chi connectivity index (χ4v) is 4.44. The van der Waals surface area contributed by atoms with Crippen molar-refractivity contribution in [2.45, 2.75) is 42.3 Å². The highest BCUT2D eigenvalue weighted by atomic mass is 35.5. The Hall–Kier alpha value is -3.14. The molecule has 36 heavy (non-hydrogen) atoms. The molecule has 8 nitrogen and oxygen atoms in total. The minimum absolute atomic E-state index is 0.0888. The number of halogens is 1. The molecule has 1 aliphatic heterocycles. The van der Waals surface area contributed by atoms with Gasteiger partial charge in [-0.2, -0.15) is 0 Å². The normalized spacial score (nSPS) is 13.6. The quantitative estimate of drug-likeness (QED) is 0.167. The lowest BCUT2D eigenvalue weighted by Gasteiger charge is -2.32. The van der Waals surface area contributed by atoms with Gasteiger partial charge in [0.2, 0.25) is 5.91 Å². The summed E-state index contributed by atoms with van der Waals surface area (Å²) in [5.74, 6) is 1.80. The maximum Gasteiger partial charge on any atom is 0.228 e. The fourth-order valence-electron chi connectivity index (χ4n) is 3.55. The molecule has 0 aliphatic carbocycles. The Morgan fingerprint density at radius 1 is 1.11 bits per heavy atom. The Bertz CT molecular complexity index is 1200. The Balaban J connectivity index is 1.40. The third-order valence-electron chi connectivity index (χ3n) is 5.78. The second kappa shape index (κ2) is 12.2. The van der Waals surface area contributed by atoms with Crippen LogP contribution in [0.3, 0.4) is 0 Å². The Kier molecular flexibility index (Phi) is 8.79. The largest absolute Gasteiger partial charge is 0.356 e. The molecule has 3 aromatic rings. The average Bonchev–Trinajstić information content (AvgIpc) is 2.80. The van der Waals surface area contributed by atoms with Gasteiger partial charge in [0, 0.05) is 47.2 Å². The number of benzene rings is 2.